The Labute approximate surface area is 283 Å². The molecule has 258 valence electrons. The van der Waals surface area contributed by atoms with Gasteiger partial charge in [0.2, 0.25) is 11.8 Å². The van der Waals surface area contributed by atoms with Crippen molar-refractivity contribution in [2.75, 3.05) is 10.8 Å². The first-order valence-electron chi connectivity index (χ1n) is 16.0. The Morgan fingerprint density at radius 1 is 0.878 bits per heavy atom. The summed E-state index contributed by atoms with van der Waals surface area (Å²) in [7, 11) is -4.62. The minimum Gasteiger partial charge on any atom is -0.352 e. The topological polar surface area (TPSA) is 86.8 Å². The van der Waals surface area contributed by atoms with E-state index in [1.54, 1.807) is 43.3 Å². The lowest BCUT2D eigenvalue weighted by Gasteiger charge is -2.34. The molecule has 0 spiro atoms. The highest BCUT2D eigenvalue weighted by Crippen LogP contribution is 2.33. The molecule has 7 nitrogen and oxygen atoms in total. The van der Waals surface area contributed by atoms with Crippen molar-refractivity contribution in [3.63, 3.8) is 0 Å². The Hall–Kier alpha value is -4.71. The van der Waals surface area contributed by atoms with Crippen molar-refractivity contribution >= 4 is 27.5 Å². The molecule has 1 N–H and O–H groups in total. The van der Waals surface area contributed by atoms with Crippen LogP contribution in [0, 0.1) is 12.7 Å². The van der Waals surface area contributed by atoms with Crippen molar-refractivity contribution in [1.82, 2.24) is 10.2 Å². The lowest BCUT2D eigenvalue weighted by atomic mass is 10.0. The first-order valence-corrected chi connectivity index (χ1v) is 17.4. The number of rotatable bonds is 12. The van der Waals surface area contributed by atoms with E-state index >= 15 is 4.39 Å². The predicted octanol–water partition coefficient (Wildman–Crippen LogP) is 7.05. The van der Waals surface area contributed by atoms with Gasteiger partial charge < -0.3 is 10.2 Å². The smallest absolute Gasteiger partial charge is 0.352 e. The molecular weight excluding hydrogens is 658 g/mol. The van der Waals surface area contributed by atoms with Gasteiger partial charge in [-0.1, -0.05) is 85.1 Å². The summed E-state index contributed by atoms with van der Waals surface area (Å²) in [5.41, 5.74) is 0.0120. The van der Waals surface area contributed by atoms with E-state index in [-0.39, 0.29) is 22.9 Å². The molecule has 1 atom stereocenters. The van der Waals surface area contributed by atoms with E-state index in [0.29, 0.717) is 15.9 Å². The molecule has 2 amide bonds. The van der Waals surface area contributed by atoms with Gasteiger partial charge in [-0.25, -0.2) is 12.8 Å². The highest BCUT2D eigenvalue weighted by Gasteiger charge is 2.37. The summed E-state index contributed by atoms with van der Waals surface area (Å²) < 4.78 is 85.4. The number of sulfonamides is 1. The van der Waals surface area contributed by atoms with Gasteiger partial charge in [0.05, 0.1) is 16.1 Å². The minimum absolute atomic E-state index is 0.0217. The zero-order valence-electron chi connectivity index (χ0n) is 26.9. The van der Waals surface area contributed by atoms with Gasteiger partial charge in [-0.15, -0.1) is 0 Å². The zero-order valence-corrected chi connectivity index (χ0v) is 27.7. The number of carbonyl (C=O) groups excluding carboxylic acids is 2. The molecule has 0 bridgehead atoms. The minimum atomic E-state index is -4.80. The quantitative estimate of drug-likeness (QED) is 0.161. The molecule has 0 aliphatic heterocycles. The molecule has 0 saturated heterocycles. The van der Waals surface area contributed by atoms with Gasteiger partial charge in [-0.3, -0.25) is 13.9 Å². The summed E-state index contributed by atoms with van der Waals surface area (Å²) in [6.07, 6.45) is -1.42. The Bertz CT molecular complexity index is 1860. The van der Waals surface area contributed by atoms with E-state index in [1.807, 2.05) is 0 Å². The summed E-state index contributed by atoms with van der Waals surface area (Å²) in [5, 5.41) is 3.02. The summed E-state index contributed by atoms with van der Waals surface area (Å²) in [6, 6.07) is 22.6. The second-order valence-corrected chi connectivity index (χ2v) is 14.0. The Morgan fingerprint density at radius 2 is 1.53 bits per heavy atom. The Balaban J connectivity index is 1.60. The van der Waals surface area contributed by atoms with Crippen LogP contribution in [0.2, 0.25) is 0 Å². The average molecular weight is 696 g/mol. The zero-order chi connectivity index (χ0) is 35.2. The van der Waals surface area contributed by atoms with Gasteiger partial charge in [-0.2, -0.15) is 13.2 Å². The third-order valence-electron chi connectivity index (χ3n) is 8.62. The number of anilines is 1. The normalized spacial score (nSPS) is 14.3. The van der Waals surface area contributed by atoms with Crippen molar-refractivity contribution in [3.8, 4) is 0 Å². The van der Waals surface area contributed by atoms with Crippen molar-refractivity contribution in [2.45, 2.75) is 68.7 Å². The van der Waals surface area contributed by atoms with Gasteiger partial charge in [-0.05, 0) is 61.7 Å². The molecule has 12 heteroatoms. The fourth-order valence-corrected chi connectivity index (χ4v) is 7.34. The van der Waals surface area contributed by atoms with Crippen molar-refractivity contribution in [1.29, 1.82) is 0 Å². The molecule has 0 heterocycles. The van der Waals surface area contributed by atoms with E-state index in [9.17, 15) is 31.2 Å². The number of carbonyl (C=O) groups is 2. The third-order valence-corrected chi connectivity index (χ3v) is 10.4. The average Bonchev–Trinajstić information content (AvgIpc) is 3.59. The number of nitrogens with one attached hydrogen (secondary N) is 1. The lowest BCUT2D eigenvalue weighted by molar-refractivity contribution is -0.140. The van der Waals surface area contributed by atoms with Crippen LogP contribution in [0.3, 0.4) is 0 Å². The summed E-state index contributed by atoms with van der Waals surface area (Å²) in [5.74, 6) is -2.04. The maximum atomic E-state index is 15.1. The van der Waals surface area contributed by atoms with Crippen LogP contribution in [0.25, 0.3) is 0 Å². The van der Waals surface area contributed by atoms with Gasteiger partial charge in [0.15, 0.2) is 0 Å². The molecule has 1 unspecified atom stereocenters. The third kappa shape index (κ3) is 8.86. The van der Waals surface area contributed by atoms with E-state index in [2.05, 4.69) is 5.32 Å². The maximum Gasteiger partial charge on any atom is 0.416 e. The SMILES string of the molecule is Cc1ccc(S(=O)(=O)N(CC(=O)N(Cc2ccccc2F)C(Cc2ccccc2)C(=O)NC2CCCC2)c2cccc(C(F)(F)F)c2)cc1. The van der Waals surface area contributed by atoms with Crippen molar-refractivity contribution in [2.24, 2.45) is 0 Å². The van der Waals surface area contributed by atoms with Crippen LogP contribution >= 0.6 is 0 Å². The van der Waals surface area contributed by atoms with E-state index < -0.39 is 64.2 Å². The monoisotopic (exact) mass is 695 g/mol. The first-order chi connectivity index (χ1) is 23.3. The molecule has 5 rings (SSSR count). The Kier molecular flexibility index (Phi) is 11.1. The van der Waals surface area contributed by atoms with Gasteiger partial charge in [0.1, 0.15) is 18.4 Å². The molecule has 49 heavy (non-hydrogen) atoms. The molecular formula is C37H37F4N3O4S. The van der Waals surface area contributed by atoms with Crippen molar-refractivity contribution in [3.05, 3.63) is 131 Å². The second-order valence-electron chi connectivity index (χ2n) is 12.2. The van der Waals surface area contributed by atoms with Crippen LogP contribution in [-0.4, -0.2) is 43.8 Å². The molecule has 4 aromatic rings. The van der Waals surface area contributed by atoms with Crippen LogP contribution in [-0.2, 0) is 38.8 Å². The van der Waals surface area contributed by atoms with Crippen molar-refractivity contribution < 1.29 is 35.6 Å². The number of alkyl halides is 3. The van der Waals surface area contributed by atoms with Crippen LogP contribution in [0.1, 0.15) is 47.9 Å². The molecule has 0 aromatic heterocycles. The largest absolute Gasteiger partial charge is 0.416 e. The molecule has 0 radical (unpaired) electrons. The number of hydrogen-bond donors (Lipinski definition) is 1. The number of amides is 2. The summed E-state index contributed by atoms with van der Waals surface area (Å²) in [6.45, 7) is 0.380. The number of benzene rings is 4. The number of halogens is 4. The van der Waals surface area contributed by atoms with Crippen LogP contribution in [0.15, 0.2) is 108 Å². The van der Waals surface area contributed by atoms with E-state index in [1.165, 1.54) is 48.5 Å². The second kappa shape index (κ2) is 15.2. The van der Waals surface area contributed by atoms with Crippen LogP contribution in [0.4, 0.5) is 23.2 Å². The standard InChI is InChI=1S/C37H37F4N3O4S/c1-26-18-20-32(21-19-26)49(47,48)44(31-16-9-13-29(23-31)37(39,40)41)25-35(45)43(24-28-12-5-8-17-33(28)38)34(22-27-10-3-2-4-11-27)36(46)42-30-14-6-7-15-30/h2-5,8-13,16-21,23,30,34H,6-7,14-15,22,24-25H2,1H3,(H,42,46). The lowest BCUT2D eigenvalue weighted by Crippen LogP contribution is -2.54. The van der Waals surface area contributed by atoms with Gasteiger partial charge in [0.25, 0.3) is 10.0 Å². The molecule has 1 fully saturated rings. The fourth-order valence-electron chi connectivity index (χ4n) is 5.94. The Morgan fingerprint density at radius 3 is 2.18 bits per heavy atom. The predicted molar refractivity (Wildman–Crippen MR) is 178 cm³/mol. The number of nitrogens with zero attached hydrogens (tertiary/aromatic N) is 2. The van der Waals surface area contributed by atoms with E-state index in [4.69, 9.17) is 0 Å². The van der Waals surface area contributed by atoms with Crippen LogP contribution < -0.4 is 9.62 Å². The number of aryl methyl sites for hydroxylation is 1. The fraction of sp³-hybridized carbons (Fsp3) is 0.297. The molecule has 1 saturated carbocycles. The van der Waals surface area contributed by atoms with E-state index in [0.717, 1.165) is 48.3 Å². The molecule has 1 aliphatic rings. The summed E-state index contributed by atoms with van der Waals surface area (Å²) >= 11 is 0. The number of hydrogen-bond acceptors (Lipinski definition) is 4. The molecule has 1 aliphatic carbocycles. The molecule has 4 aromatic carbocycles. The maximum absolute atomic E-state index is 15.1. The summed E-state index contributed by atoms with van der Waals surface area (Å²) in [4.78, 5) is 29.4. The highest BCUT2D eigenvalue weighted by molar-refractivity contribution is 7.92. The first kappa shape index (κ1) is 35.6. The van der Waals surface area contributed by atoms with Gasteiger partial charge in [0, 0.05) is 24.6 Å². The van der Waals surface area contributed by atoms with Gasteiger partial charge >= 0.3 is 6.18 Å². The highest BCUT2D eigenvalue weighted by atomic mass is 32.2. The van der Waals surface area contributed by atoms with Crippen LogP contribution in [0.5, 0.6) is 0 Å².